The lowest BCUT2D eigenvalue weighted by Gasteiger charge is -2.08. The minimum Gasteiger partial charge on any atom is -0.478 e. The van der Waals surface area contributed by atoms with Crippen molar-refractivity contribution in [2.24, 2.45) is 0 Å². The van der Waals surface area contributed by atoms with Gasteiger partial charge < -0.3 is 10.4 Å². The van der Waals surface area contributed by atoms with Crippen LogP contribution in [-0.2, 0) is 11.3 Å². The second kappa shape index (κ2) is 5.44. The lowest BCUT2D eigenvalue weighted by Crippen LogP contribution is -2.20. The van der Waals surface area contributed by atoms with E-state index in [9.17, 15) is 9.59 Å². The molecule has 0 fully saturated rings. The van der Waals surface area contributed by atoms with E-state index in [0.29, 0.717) is 0 Å². The summed E-state index contributed by atoms with van der Waals surface area (Å²) < 4.78 is 1.21. The van der Waals surface area contributed by atoms with Gasteiger partial charge in [-0.1, -0.05) is 11.6 Å². The number of aromatic nitrogens is 4. The van der Waals surface area contributed by atoms with Crippen LogP contribution in [0, 0.1) is 0 Å². The first-order valence-corrected chi connectivity index (χ1v) is 5.47. The van der Waals surface area contributed by atoms with Crippen molar-refractivity contribution in [3.63, 3.8) is 0 Å². The molecule has 9 heteroatoms. The summed E-state index contributed by atoms with van der Waals surface area (Å²) in [5.41, 5.74) is 0.0764. The molecule has 1 aromatic heterocycles. The van der Waals surface area contributed by atoms with E-state index in [1.807, 2.05) is 0 Å². The molecule has 0 aliphatic carbocycles. The van der Waals surface area contributed by atoms with Gasteiger partial charge in [0.05, 0.1) is 11.3 Å². The number of carboxylic acids is 1. The van der Waals surface area contributed by atoms with Gasteiger partial charge in [0.2, 0.25) is 5.91 Å². The quantitative estimate of drug-likeness (QED) is 0.852. The highest BCUT2D eigenvalue weighted by Crippen LogP contribution is 2.20. The fourth-order valence-corrected chi connectivity index (χ4v) is 1.56. The Morgan fingerprint density at radius 2 is 2.21 bits per heavy atom. The van der Waals surface area contributed by atoms with Crippen LogP contribution in [0.4, 0.5) is 5.69 Å². The SMILES string of the molecule is O=C(Cn1cnnn1)Nc1ccc(Cl)cc1C(=O)O. The van der Waals surface area contributed by atoms with Crippen LogP contribution in [0.2, 0.25) is 5.02 Å². The van der Waals surface area contributed by atoms with E-state index in [2.05, 4.69) is 20.8 Å². The van der Waals surface area contributed by atoms with Crippen LogP contribution in [-0.4, -0.2) is 37.2 Å². The van der Waals surface area contributed by atoms with Crippen LogP contribution < -0.4 is 5.32 Å². The van der Waals surface area contributed by atoms with Crippen molar-refractivity contribution in [3.05, 3.63) is 35.1 Å². The molecule has 0 atom stereocenters. The Kier molecular flexibility index (Phi) is 3.71. The van der Waals surface area contributed by atoms with Gasteiger partial charge in [-0.05, 0) is 28.6 Å². The molecular formula is C10H8ClN5O3. The van der Waals surface area contributed by atoms with Crippen molar-refractivity contribution >= 4 is 29.2 Å². The Balaban J connectivity index is 2.14. The van der Waals surface area contributed by atoms with Crippen molar-refractivity contribution in [1.29, 1.82) is 0 Å². The highest BCUT2D eigenvalue weighted by Gasteiger charge is 2.13. The van der Waals surface area contributed by atoms with Gasteiger partial charge in [0.1, 0.15) is 12.9 Å². The van der Waals surface area contributed by atoms with Crippen LogP contribution in [0.1, 0.15) is 10.4 Å². The van der Waals surface area contributed by atoms with Crippen molar-refractivity contribution in [2.75, 3.05) is 5.32 Å². The Morgan fingerprint density at radius 3 is 2.84 bits per heavy atom. The van der Waals surface area contributed by atoms with Gasteiger partial charge in [-0.2, -0.15) is 0 Å². The van der Waals surface area contributed by atoms with Gasteiger partial charge >= 0.3 is 5.97 Å². The Morgan fingerprint density at radius 1 is 1.42 bits per heavy atom. The predicted octanol–water partition coefficient (Wildman–Crippen LogP) is 0.663. The molecule has 0 saturated carbocycles. The van der Waals surface area contributed by atoms with Gasteiger partial charge in [0, 0.05) is 5.02 Å². The highest BCUT2D eigenvalue weighted by atomic mass is 35.5. The number of nitrogens with one attached hydrogen (secondary N) is 1. The molecule has 2 rings (SSSR count). The monoisotopic (exact) mass is 281 g/mol. The van der Waals surface area contributed by atoms with E-state index in [0.717, 1.165) is 0 Å². The summed E-state index contributed by atoms with van der Waals surface area (Å²) in [6.45, 7) is -0.116. The maximum atomic E-state index is 11.7. The van der Waals surface area contributed by atoms with E-state index in [-0.39, 0.29) is 22.8 Å². The van der Waals surface area contributed by atoms with E-state index >= 15 is 0 Å². The van der Waals surface area contributed by atoms with Gasteiger partial charge in [-0.25, -0.2) is 9.48 Å². The molecule has 8 nitrogen and oxygen atoms in total. The minimum absolute atomic E-state index is 0.0856. The Labute approximate surface area is 112 Å². The first-order chi connectivity index (χ1) is 9.06. The summed E-state index contributed by atoms with van der Waals surface area (Å²) in [5.74, 6) is -1.63. The molecule has 0 aliphatic rings. The number of carbonyl (C=O) groups excluding carboxylic acids is 1. The summed E-state index contributed by atoms with van der Waals surface area (Å²) in [6, 6.07) is 4.17. The normalized spacial score (nSPS) is 10.2. The number of rotatable bonds is 4. The molecular weight excluding hydrogens is 274 g/mol. The minimum atomic E-state index is -1.18. The van der Waals surface area contributed by atoms with Gasteiger partial charge in [0.25, 0.3) is 0 Å². The summed E-state index contributed by atoms with van der Waals surface area (Å²) in [6.07, 6.45) is 1.28. The first kappa shape index (κ1) is 13.0. The second-order valence-corrected chi connectivity index (χ2v) is 3.99. The number of nitrogens with zero attached hydrogens (tertiary/aromatic N) is 4. The predicted molar refractivity (Wildman–Crippen MR) is 64.9 cm³/mol. The molecule has 0 saturated heterocycles. The van der Waals surface area contributed by atoms with Gasteiger partial charge in [0.15, 0.2) is 0 Å². The molecule has 2 aromatic rings. The molecule has 0 radical (unpaired) electrons. The molecule has 2 N–H and O–H groups in total. The number of carboxylic acid groups (broad SMARTS) is 1. The van der Waals surface area contributed by atoms with Crippen molar-refractivity contribution in [1.82, 2.24) is 20.2 Å². The molecule has 0 unspecified atom stereocenters. The molecule has 1 amide bonds. The number of amides is 1. The third-order valence-corrected chi connectivity index (χ3v) is 2.42. The van der Waals surface area contributed by atoms with Crippen LogP contribution in [0.15, 0.2) is 24.5 Å². The zero-order valence-electron chi connectivity index (χ0n) is 9.45. The number of tetrazole rings is 1. The molecule has 0 spiro atoms. The number of aromatic carboxylic acids is 1. The maximum Gasteiger partial charge on any atom is 0.337 e. The maximum absolute atomic E-state index is 11.7. The molecule has 98 valence electrons. The summed E-state index contributed by atoms with van der Waals surface area (Å²) in [7, 11) is 0. The van der Waals surface area contributed by atoms with Crippen LogP contribution in [0.5, 0.6) is 0 Å². The molecule has 0 bridgehead atoms. The van der Waals surface area contributed by atoms with Crippen LogP contribution >= 0.6 is 11.6 Å². The third kappa shape index (κ3) is 3.26. The fraction of sp³-hybridized carbons (Fsp3) is 0.100. The van der Waals surface area contributed by atoms with Crippen molar-refractivity contribution < 1.29 is 14.7 Å². The first-order valence-electron chi connectivity index (χ1n) is 5.10. The number of hydrogen-bond acceptors (Lipinski definition) is 5. The van der Waals surface area contributed by atoms with Crippen molar-refractivity contribution in [3.8, 4) is 0 Å². The summed E-state index contributed by atoms with van der Waals surface area (Å²) >= 11 is 5.71. The lowest BCUT2D eigenvalue weighted by molar-refractivity contribution is -0.116. The largest absolute Gasteiger partial charge is 0.478 e. The zero-order chi connectivity index (χ0) is 13.8. The summed E-state index contributed by atoms with van der Waals surface area (Å²) in [5, 5.41) is 22.0. The molecule has 0 aliphatic heterocycles. The van der Waals surface area contributed by atoms with E-state index in [1.54, 1.807) is 0 Å². The molecule has 1 aromatic carbocycles. The highest BCUT2D eigenvalue weighted by molar-refractivity contribution is 6.31. The average Bonchev–Trinajstić information content (AvgIpc) is 2.83. The second-order valence-electron chi connectivity index (χ2n) is 3.55. The van der Waals surface area contributed by atoms with Crippen LogP contribution in [0.25, 0.3) is 0 Å². The van der Waals surface area contributed by atoms with Gasteiger partial charge in [-0.3, -0.25) is 4.79 Å². The zero-order valence-corrected chi connectivity index (χ0v) is 10.2. The summed E-state index contributed by atoms with van der Waals surface area (Å²) in [4.78, 5) is 22.7. The van der Waals surface area contributed by atoms with E-state index in [4.69, 9.17) is 16.7 Å². The standard InChI is InChI=1S/C10H8ClN5O3/c11-6-1-2-8(7(3-6)10(18)19)13-9(17)4-16-5-12-14-15-16/h1-3,5H,4H2,(H,13,17)(H,18,19). The van der Waals surface area contributed by atoms with Crippen molar-refractivity contribution in [2.45, 2.75) is 6.54 Å². The van der Waals surface area contributed by atoms with Crippen LogP contribution in [0.3, 0.4) is 0 Å². The number of halogens is 1. The lowest BCUT2D eigenvalue weighted by atomic mass is 10.2. The van der Waals surface area contributed by atoms with E-state index < -0.39 is 11.9 Å². The molecule has 1 heterocycles. The number of anilines is 1. The van der Waals surface area contributed by atoms with E-state index in [1.165, 1.54) is 29.2 Å². The molecule has 19 heavy (non-hydrogen) atoms. The smallest absolute Gasteiger partial charge is 0.337 e. The average molecular weight is 282 g/mol. The number of hydrogen-bond donors (Lipinski definition) is 2. The topological polar surface area (TPSA) is 110 Å². The van der Waals surface area contributed by atoms with Gasteiger partial charge in [-0.15, -0.1) is 5.10 Å². The fourth-order valence-electron chi connectivity index (χ4n) is 1.39. The Bertz CT molecular complexity index is 614. The number of benzene rings is 1. The third-order valence-electron chi connectivity index (χ3n) is 2.18. The number of carbonyl (C=O) groups is 2. The Hall–Kier alpha value is -2.48.